The molecule has 0 radical (unpaired) electrons. The Morgan fingerprint density at radius 3 is 2.85 bits per heavy atom. The quantitative estimate of drug-likeness (QED) is 0.874. The highest BCUT2D eigenvalue weighted by Crippen LogP contribution is 2.24. The molecule has 0 aliphatic carbocycles. The van der Waals surface area contributed by atoms with Gasteiger partial charge in [0.2, 0.25) is 0 Å². The van der Waals surface area contributed by atoms with Crippen molar-refractivity contribution in [3.05, 3.63) is 15.0 Å². The number of halogens is 1. The summed E-state index contributed by atoms with van der Waals surface area (Å²) in [6.45, 7) is 4.13. The Balaban J connectivity index is 2.53. The summed E-state index contributed by atoms with van der Waals surface area (Å²) in [5, 5.41) is 13.1. The van der Waals surface area contributed by atoms with Crippen molar-refractivity contribution in [1.29, 1.82) is 0 Å². The van der Waals surface area contributed by atoms with Crippen LogP contribution in [0.25, 0.3) is 0 Å². The van der Waals surface area contributed by atoms with Crippen LogP contribution in [-0.2, 0) is 0 Å². The third-order valence-corrected chi connectivity index (χ3v) is 3.33. The van der Waals surface area contributed by atoms with Crippen molar-refractivity contribution < 1.29 is 5.11 Å². The number of nitrogens with zero attached hydrogens (tertiary/aromatic N) is 1. The van der Waals surface area contributed by atoms with Gasteiger partial charge < -0.3 is 10.4 Å². The van der Waals surface area contributed by atoms with Gasteiger partial charge in [-0.2, -0.15) is 0 Å². The van der Waals surface area contributed by atoms with Crippen molar-refractivity contribution in [2.45, 2.75) is 25.9 Å². The molecule has 13 heavy (non-hydrogen) atoms. The molecular formula is C8H13BrN2OS. The lowest BCUT2D eigenvalue weighted by molar-refractivity contribution is 0.243. The van der Waals surface area contributed by atoms with Crippen LogP contribution in [0.3, 0.4) is 0 Å². The maximum absolute atomic E-state index is 8.85. The second-order valence-electron chi connectivity index (χ2n) is 2.97. The molecule has 1 rings (SSSR count). The topological polar surface area (TPSA) is 45.1 Å². The molecule has 0 saturated heterocycles. The summed E-state index contributed by atoms with van der Waals surface area (Å²) >= 11 is 4.97. The van der Waals surface area contributed by atoms with Crippen LogP contribution in [0.2, 0.25) is 0 Å². The van der Waals surface area contributed by atoms with Gasteiger partial charge in [-0.3, -0.25) is 0 Å². The number of rotatable bonds is 4. The molecule has 2 N–H and O–H groups in total. The normalized spacial score (nSPS) is 15.7. The van der Waals surface area contributed by atoms with E-state index in [0.717, 1.165) is 8.79 Å². The molecule has 3 nitrogen and oxygen atoms in total. The summed E-state index contributed by atoms with van der Waals surface area (Å²) in [6.07, 6.45) is 1.79. The number of hydrogen-bond donors (Lipinski definition) is 2. The monoisotopic (exact) mass is 264 g/mol. The average molecular weight is 265 g/mol. The minimum Gasteiger partial charge on any atom is -0.395 e. The van der Waals surface area contributed by atoms with Gasteiger partial charge in [-0.05, 0) is 29.8 Å². The Kier molecular flexibility index (Phi) is 4.31. The smallest absolute Gasteiger partial charge is 0.110 e. The van der Waals surface area contributed by atoms with Gasteiger partial charge in [-0.1, -0.05) is 0 Å². The largest absolute Gasteiger partial charge is 0.395 e. The molecule has 1 heterocycles. The molecule has 0 spiro atoms. The van der Waals surface area contributed by atoms with Crippen molar-refractivity contribution in [1.82, 2.24) is 10.3 Å². The number of aliphatic hydroxyl groups is 1. The van der Waals surface area contributed by atoms with Crippen LogP contribution in [-0.4, -0.2) is 22.7 Å². The molecule has 0 saturated carbocycles. The Bertz CT molecular complexity index is 266. The summed E-state index contributed by atoms with van der Waals surface area (Å²) in [5.41, 5.74) is 0. The molecule has 0 bridgehead atoms. The van der Waals surface area contributed by atoms with Crippen molar-refractivity contribution in [3.8, 4) is 0 Å². The number of aliphatic hydroxyl groups excluding tert-OH is 1. The standard InChI is InChI=1S/C8H13BrN2OS/c1-5(4-12)11-6(2)8-10-3-7(9)13-8/h3,5-6,11-12H,4H2,1-2H3. The van der Waals surface area contributed by atoms with E-state index in [0.29, 0.717) is 0 Å². The van der Waals surface area contributed by atoms with E-state index in [-0.39, 0.29) is 18.7 Å². The van der Waals surface area contributed by atoms with Crippen LogP contribution in [0.15, 0.2) is 9.98 Å². The lowest BCUT2D eigenvalue weighted by atomic mass is 10.3. The lowest BCUT2D eigenvalue weighted by Gasteiger charge is -2.15. The van der Waals surface area contributed by atoms with Crippen LogP contribution < -0.4 is 5.32 Å². The third-order valence-electron chi connectivity index (χ3n) is 1.67. The molecule has 0 aliphatic heterocycles. The second kappa shape index (κ2) is 5.05. The van der Waals surface area contributed by atoms with Gasteiger partial charge in [0.1, 0.15) is 5.01 Å². The highest BCUT2D eigenvalue weighted by Gasteiger charge is 2.11. The SMILES string of the molecule is CC(CO)NC(C)c1ncc(Br)s1. The summed E-state index contributed by atoms with van der Waals surface area (Å²) in [4.78, 5) is 4.23. The fourth-order valence-electron chi connectivity index (χ4n) is 1.02. The van der Waals surface area contributed by atoms with Gasteiger partial charge in [0.05, 0.1) is 22.6 Å². The fourth-order valence-corrected chi connectivity index (χ4v) is 2.27. The van der Waals surface area contributed by atoms with E-state index in [1.165, 1.54) is 0 Å². The molecule has 0 aliphatic rings. The number of thiazole rings is 1. The van der Waals surface area contributed by atoms with Gasteiger partial charge in [-0.25, -0.2) is 4.98 Å². The zero-order valence-corrected chi connectivity index (χ0v) is 10.0. The molecule has 0 fully saturated rings. The van der Waals surface area contributed by atoms with Gasteiger partial charge in [0.25, 0.3) is 0 Å². The maximum Gasteiger partial charge on any atom is 0.110 e. The van der Waals surface area contributed by atoms with E-state index < -0.39 is 0 Å². The minimum absolute atomic E-state index is 0.109. The molecule has 1 aromatic rings. The van der Waals surface area contributed by atoms with E-state index in [9.17, 15) is 0 Å². The van der Waals surface area contributed by atoms with Crippen LogP contribution in [0, 0.1) is 0 Å². The van der Waals surface area contributed by atoms with Crippen LogP contribution >= 0.6 is 27.3 Å². The molecular weight excluding hydrogens is 252 g/mol. The van der Waals surface area contributed by atoms with Crippen LogP contribution in [0.4, 0.5) is 0 Å². The number of nitrogens with one attached hydrogen (secondary N) is 1. The zero-order valence-electron chi connectivity index (χ0n) is 7.62. The average Bonchev–Trinajstić information content (AvgIpc) is 2.51. The van der Waals surface area contributed by atoms with Crippen molar-refractivity contribution in [3.63, 3.8) is 0 Å². The molecule has 2 unspecified atom stereocenters. The maximum atomic E-state index is 8.85. The number of hydrogen-bond acceptors (Lipinski definition) is 4. The second-order valence-corrected chi connectivity index (χ2v) is 5.42. The first kappa shape index (κ1) is 11.1. The first-order valence-electron chi connectivity index (χ1n) is 4.11. The van der Waals surface area contributed by atoms with E-state index >= 15 is 0 Å². The lowest BCUT2D eigenvalue weighted by Crippen LogP contribution is -2.31. The Hall–Kier alpha value is 0.0300. The van der Waals surface area contributed by atoms with Gasteiger partial charge in [0, 0.05) is 6.04 Å². The molecule has 1 aromatic heterocycles. The summed E-state index contributed by atoms with van der Waals surface area (Å²) in [6, 6.07) is 0.302. The van der Waals surface area contributed by atoms with E-state index in [4.69, 9.17) is 5.11 Å². The minimum atomic E-state index is 0.109. The van der Waals surface area contributed by atoms with E-state index in [1.807, 2.05) is 13.8 Å². The molecule has 5 heteroatoms. The van der Waals surface area contributed by atoms with Gasteiger partial charge in [-0.15, -0.1) is 11.3 Å². The molecule has 0 amide bonds. The van der Waals surface area contributed by atoms with E-state index in [2.05, 4.69) is 26.2 Å². The predicted molar refractivity (Wildman–Crippen MR) is 57.9 cm³/mol. The first-order valence-corrected chi connectivity index (χ1v) is 5.72. The summed E-state index contributed by atoms with van der Waals surface area (Å²) in [7, 11) is 0. The highest BCUT2D eigenvalue weighted by molar-refractivity contribution is 9.11. The summed E-state index contributed by atoms with van der Waals surface area (Å²) < 4.78 is 1.04. The summed E-state index contributed by atoms with van der Waals surface area (Å²) in [5.74, 6) is 0. The van der Waals surface area contributed by atoms with Crippen LogP contribution in [0.1, 0.15) is 24.9 Å². The predicted octanol–water partition coefficient (Wildman–Crippen LogP) is 1.94. The molecule has 2 atom stereocenters. The van der Waals surface area contributed by atoms with Crippen molar-refractivity contribution in [2.75, 3.05) is 6.61 Å². The highest BCUT2D eigenvalue weighted by atomic mass is 79.9. The fraction of sp³-hybridized carbons (Fsp3) is 0.625. The van der Waals surface area contributed by atoms with Crippen molar-refractivity contribution in [2.24, 2.45) is 0 Å². The Morgan fingerprint density at radius 2 is 2.38 bits per heavy atom. The zero-order chi connectivity index (χ0) is 9.84. The van der Waals surface area contributed by atoms with Gasteiger partial charge in [0.15, 0.2) is 0 Å². The first-order chi connectivity index (χ1) is 6.13. The molecule has 0 aromatic carbocycles. The van der Waals surface area contributed by atoms with Gasteiger partial charge >= 0.3 is 0 Å². The Labute approximate surface area is 90.3 Å². The Morgan fingerprint density at radius 1 is 1.69 bits per heavy atom. The van der Waals surface area contributed by atoms with E-state index in [1.54, 1.807) is 17.5 Å². The third kappa shape index (κ3) is 3.34. The number of aromatic nitrogens is 1. The van der Waals surface area contributed by atoms with Crippen molar-refractivity contribution >= 4 is 27.3 Å². The van der Waals surface area contributed by atoms with Crippen LogP contribution in [0.5, 0.6) is 0 Å². The molecule has 74 valence electrons.